The maximum atomic E-state index is 14.1. The van der Waals surface area contributed by atoms with Gasteiger partial charge in [-0.05, 0) is 91.0 Å². The van der Waals surface area contributed by atoms with Crippen molar-refractivity contribution >= 4 is 22.9 Å². The van der Waals surface area contributed by atoms with Gasteiger partial charge in [-0.15, -0.1) is 0 Å². The second kappa shape index (κ2) is 12.3. The molecule has 1 saturated carbocycles. The number of aromatic nitrogens is 3. The highest BCUT2D eigenvalue weighted by atomic mass is 16.6. The first-order valence-electron chi connectivity index (χ1n) is 15.2. The van der Waals surface area contributed by atoms with Crippen molar-refractivity contribution in [3.8, 4) is 11.1 Å². The summed E-state index contributed by atoms with van der Waals surface area (Å²) in [4.78, 5) is 30.5. The van der Waals surface area contributed by atoms with E-state index < -0.39 is 17.8 Å². The molecule has 1 aliphatic heterocycles. The van der Waals surface area contributed by atoms with E-state index in [4.69, 9.17) is 23.8 Å². The van der Waals surface area contributed by atoms with Gasteiger partial charge in [-0.1, -0.05) is 5.16 Å². The molecule has 43 heavy (non-hydrogen) atoms. The standard InChI is InChI=1S/C32H45N5O6/c1-19-29-25(28-20(2)34-43-22(28)4)16-23(17-26(29)36(33-19)12-9-14-40-8)21(3)37(24-10-11-24)30(38)27-18-35(13-15-41-27)31(39)42-32(5,6)7/h16-17,21,24,27H,9-15,18H2,1-8H3/t21?,27-/m1/s1. The van der Waals surface area contributed by atoms with E-state index in [-0.39, 0.29) is 31.1 Å². The van der Waals surface area contributed by atoms with Crippen LogP contribution in [0.15, 0.2) is 16.7 Å². The Balaban J connectivity index is 1.51. The second-order valence-electron chi connectivity index (χ2n) is 12.8. The monoisotopic (exact) mass is 595 g/mol. The van der Waals surface area contributed by atoms with Gasteiger partial charge in [0.1, 0.15) is 11.4 Å². The minimum atomic E-state index is -0.753. The number of morpholine rings is 1. The minimum Gasteiger partial charge on any atom is -0.444 e. The molecule has 2 fully saturated rings. The van der Waals surface area contributed by atoms with Gasteiger partial charge in [0.2, 0.25) is 0 Å². The summed E-state index contributed by atoms with van der Waals surface area (Å²) in [6.45, 7) is 15.7. The molecule has 2 aromatic heterocycles. The summed E-state index contributed by atoms with van der Waals surface area (Å²) >= 11 is 0. The Labute approximate surface area is 253 Å². The molecule has 2 atom stereocenters. The first kappa shape index (κ1) is 31.0. The zero-order valence-electron chi connectivity index (χ0n) is 26.7. The number of benzene rings is 1. The van der Waals surface area contributed by atoms with E-state index in [1.165, 1.54) is 0 Å². The molecule has 11 heteroatoms. The summed E-state index contributed by atoms with van der Waals surface area (Å²) in [5, 5.41) is 10.2. The predicted molar refractivity (Wildman–Crippen MR) is 162 cm³/mol. The van der Waals surface area contributed by atoms with Crippen molar-refractivity contribution in [1.82, 2.24) is 24.7 Å². The Hall–Kier alpha value is -3.44. The zero-order valence-corrected chi connectivity index (χ0v) is 26.7. The maximum absolute atomic E-state index is 14.1. The van der Waals surface area contributed by atoms with E-state index in [2.05, 4.69) is 24.2 Å². The summed E-state index contributed by atoms with van der Waals surface area (Å²) in [7, 11) is 1.70. The van der Waals surface area contributed by atoms with Gasteiger partial charge in [0.05, 0.1) is 36.1 Å². The largest absolute Gasteiger partial charge is 0.444 e. The summed E-state index contributed by atoms with van der Waals surface area (Å²) < 4.78 is 24.5. The molecule has 1 unspecified atom stereocenters. The van der Waals surface area contributed by atoms with Gasteiger partial charge in [0.25, 0.3) is 5.91 Å². The fraction of sp³-hybridized carbons (Fsp3) is 0.625. The lowest BCUT2D eigenvalue weighted by atomic mass is 9.93. The van der Waals surface area contributed by atoms with E-state index in [1.54, 1.807) is 12.0 Å². The van der Waals surface area contributed by atoms with Gasteiger partial charge in [-0.3, -0.25) is 9.48 Å². The molecule has 0 N–H and O–H groups in total. The van der Waals surface area contributed by atoms with Crippen LogP contribution in [0.25, 0.3) is 22.0 Å². The molecule has 2 amide bonds. The maximum Gasteiger partial charge on any atom is 0.410 e. The summed E-state index contributed by atoms with van der Waals surface area (Å²) in [5.41, 5.74) is 5.07. The van der Waals surface area contributed by atoms with E-state index in [0.29, 0.717) is 19.7 Å². The number of aryl methyl sites for hydroxylation is 4. The van der Waals surface area contributed by atoms with Crippen molar-refractivity contribution in [1.29, 1.82) is 0 Å². The number of ether oxygens (including phenoxy) is 3. The molecular formula is C32H45N5O6. The van der Waals surface area contributed by atoms with Gasteiger partial charge >= 0.3 is 6.09 Å². The van der Waals surface area contributed by atoms with Crippen molar-refractivity contribution in [3.05, 3.63) is 34.8 Å². The smallest absolute Gasteiger partial charge is 0.410 e. The number of methoxy groups -OCH3 is 1. The number of hydrogen-bond donors (Lipinski definition) is 0. The molecule has 2 aliphatic rings. The van der Waals surface area contributed by atoms with Gasteiger partial charge in [-0.2, -0.15) is 5.10 Å². The van der Waals surface area contributed by atoms with Crippen molar-refractivity contribution in [2.45, 2.75) is 98.1 Å². The number of nitrogens with zero attached hydrogens (tertiary/aromatic N) is 5. The lowest BCUT2D eigenvalue weighted by Crippen LogP contribution is -2.54. The molecule has 5 rings (SSSR count). The number of fused-ring (bicyclic) bond motifs is 1. The Kier molecular flexibility index (Phi) is 8.85. The van der Waals surface area contributed by atoms with Crippen LogP contribution in [-0.2, 0) is 25.5 Å². The number of amides is 2. The van der Waals surface area contributed by atoms with Crippen LogP contribution in [-0.4, -0.2) is 87.9 Å². The lowest BCUT2D eigenvalue weighted by Gasteiger charge is -2.38. The van der Waals surface area contributed by atoms with Crippen LogP contribution in [0.4, 0.5) is 4.79 Å². The van der Waals surface area contributed by atoms with Crippen LogP contribution in [0.3, 0.4) is 0 Å². The predicted octanol–water partition coefficient (Wildman–Crippen LogP) is 5.34. The van der Waals surface area contributed by atoms with Crippen LogP contribution < -0.4 is 0 Å². The Morgan fingerprint density at radius 3 is 2.53 bits per heavy atom. The van der Waals surface area contributed by atoms with E-state index in [1.807, 2.05) is 51.1 Å². The van der Waals surface area contributed by atoms with Crippen molar-refractivity contribution in [3.63, 3.8) is 0 Å². The van der Waals surface area contributed by atoms with E-state index >= 15 is 0 Å². The van der Waals surface area contributed by atoms with Crippen LogP contribution in [0.5, 0.6) is 0 Å². The summed E-state index contributed by atoms with van der Waals surface area (Å²) in [6, 6.07) is 4.19. The van der Waals surface area contributed by atoms with E-state index in [9.17, 15) is 9.59 Å². The highest BCUT2D eigenvalue weighted by Crippen LogP contribution is 2.41. The molecule has 234 valence electrons. The molecule has 1 aliphatic carbocycles. The first-order valence-corrected chi connectivity index (χ1v) is 15.2. The first-order chi connectivity index (χ1) is 20.4. The Morgan fingerprint density at radius 2 is 1.91 bits per heavy atom. The molecule has 0 bridgehead atoms. The third-order valence-electron chi connectivity index (χ3n) is 8.16. The molecule has 3 heterocycles. The quantitative estimate of drug-likeness (QED) is 0.305. The molecule has 11 nitrogen and oxygen atoms in total. The van der Waals surface area contributed by atoms with Gasteiger partial charge in [0.15, 0.2) is 6.10 Å². The number of carbonyl (C=O) groups excluding carboxylic acids is 2. The third kappa shape index (κ3) is 6.57. The molecule has 0 radical (unpaired) electrons. The molecule has 1 saturated heterocycles. The second-order valence-corrected chi connectivity index (χ2v) is 12.8. The van der Waals surface area contributed by atoms with Gasteiger partial charge in [0, 0.05) is 43.8 Å². The third-order valence-corrected chi connectivity index (χ3v) is 8.16. The molecule has 1 aromatic carbocycles. The van der Waals surface area contributed by atoms with Crippen molar-refractivity contribution in [2.24, 2.45) is 0 Å². The SMILES string of the molecule is COCCCn1nc(C)c2c(-c3c(C)noc3C)cc(C(C)N(C(=O)[C@H]3CN(C(=O)OC(C)(C)C)CCO3)C3CC3)cc21. The van der Waals surface area contributed by atoms with Crippen molar-refractivity contribution in [2.75, 3.05) is 33.4 Å². The Bertz CT molecular complexity index is 1460. The van der Waals surface area contributed by atoms with Crippen LogP contribution in [0.1, 0.15) is 75.7 Å². The topological polar surface area (TPSA) is 112 Å². The minimum absolute atomic E-state index is 0.105. The fourth-order valence-electron chi connectivity index (χ4n) is 6.01. The lowest BCUT2D eigenvalue weighted by molar-refractivity contribution is -0.151. The number of rotatable bonds is 9. The average molecular weight is 596 g/mol. The van der Waals surface area contributed by atoms with Crippen LogP contribution in [0.2, 0.25) is 0 Å². The zero-order chi connectivity index (χ0) is 31.1. The highest BCUT2D eigenvalue weighted by Gasteiger charge is 2.42. The van der Waals surface area contributed by atoms with E-state index in [0.717, 1.165) is 64.0 Å². The molecular weight excluding hydrogens is 550 g/mol. The summed E-state index contributed by atoms with van der Waals surface area (Å²) in [6.07, 6.45) is 1.52. The van der Waals surface area contributed by atoms with Gasteiger partial charge < -0.3 is 28.5 Å². The highest BCUT2D eigenvalue weighted by molar-refractivity contribution is 5.98. The molecule has 3 aromatic rings. The Morgan fingerprint density at radius 1 is 1.16 bits per heavy atom. The fourth-order valence-corrected chi connectivity index (χ4v) is 6.01. The van der Waals surface area contributed by atoms with Crippen LogP contribution >= 0.6 is 0 Å². The average Bonchev–Trinajstić information content (AvgIpc) is 3.66. The van der Waals surface area contributed by atoms with Crippen LogP contribution in [0, 0.1) is 20.8 Å². The number of hydrogen-bond acceptors (Lipinski definition) is 8. The van der Waals surface area contributed by atoms with Gasteiger partial charge in [-0.25, -0.2) is 4.79 Å². The molecule has 0 spiro atoms. The summed E-state index contributed by atoms with van der Waals surface area (Å²) in [5.74, 6) is 0.634. The number of carbonyl (C=O) groups is 2. The van der Waals surface area contributed by atoms with Crippen molar-refractivity contribution < 1.29 is 28.3 Å². The normalized spacial score (nSPS) is 18.2.